The van der Waals surface area contributed by atoms with Crippen LogP contribution in [-0.4, -0.2) is 28.1 Å². The van der Waals surface area contributed by atoms with Crippen molar-refractivity contribution in [1.29, 1.82) is 0 Å². The minimum absolute atomic E-state index is 0.0723. The number of carbonyl (C=O) groups is 2. The lowest BCUT2D eigenvalue weighted by atomic mass is 10.1. The maximum atomic E-state index is 12.4. The Hall–Kier alpha value is -2.30. The lowest BCUT2D eigenvalue weighted by Gasteiger charge is -2.09. The number of nitrogens with zero attached hydrogens (tertiary/aromatic N) is 1. The van der Waals surface area contributed by atoms with Crippen molar-refractivity contribution in [1.82, 2.24) is 9.88 Å². The number of benzene rings is 1. The molecule has 0 saturated carbocycles. The fourth-order valence-corrected chi connectivity index (χ4v) is 2.78. The van der Waals surface area contributed by atoms with Gasteiger partial charge in [0.2, 0.25) is 0 Å². The van der Waals surface area contributed by atoms with Gasteiger partial charge in [-0.15, -0.1) is 0 Å². The zero-order valence-electron chi connectivity index (χ0n) is 13.3. The van der Waals surface area contributed by atoms with Crippen LogP contribution in [0.5, 0.6) is 0 Å². The monoisotopic (exact) mass is 302 g/mol. The van der Waals surface area contributed by atoms with Gasteiger partial charge in [0.05, 0.1) is 6.42 Å². The number of fused-ring (bicyclic) bond motifs is 1. The zero-order valence-corrected chi connectivity index (χ0v) is 13.3. The molecule has 1 aromatic carbocycles. The smallest absolute Gasteiger partial charge is 0.305 e. The van der Waals surface area contributed by atoms with Gasteiger partial charge < -0.3 is 15.0 Å². The van der Waals surface area contributed by atoms with Gasteiger partial charge in [0, 0.05) is 24.0 Å². The van der Waals surface area contributed by atoms with Crippen molar-refractivity contribution in [2.75, 3.05) is 6.54 Å². The van der Waals surface area contributed by atoms with E-state index in [9.17, 15) is 9.59 Å². The molecule has 0 aliphatic heterocycles. The summed E-state index contributed by atoms with van der Waals surface area (Å²) in [7, 11) is 0. The minimum atomic E-state index is -0.916. The Labute approximate surface area is 129 Å². The van der Waals surface area contributed by atoms with Crippen LogP contribution in [0, 0.1) is 6.92 Å². The number of amides is 1. The molecule has 0 saturated heterocycles. The maximum Gasteiger partial charge on any atom is 0.305 e. The number of hydrogen-bond acceptors (Lipinski definition) is 2. The molecule has 1 amide bonds. The highest BCUT2D eigenvalue weighted by molar-refractivity contribution is 6.01. The van der Waals surface area contributed by atoms with E-state index in [2.05, 4.69) is 30.4 Å². The number of aromatic nitrogens is 1. The van der Waals surface area contributed by atoms with Crippen molar-refractivity contribution < 1.29 is 14.7 Å². The lowest BCUT2D eigenvalue weighted by Crippen LogP contribution is -2.28. The first-order valence-electron chi connectivity index (χ1n) is 7.61. The van der Waals surface area contributed by atoms with Gasteiger partial charge in [-0.05, 0) is 43.5 Å². The Balaban J connectivity index is 2.41. The number of nitrogens with one attached hydrogen (secondary N) is 1. The first-order valence-corrected chi connectivity index (χ1v) is 7.61. The molecule has 0 atom stereocenters. The maximum absolute atomic E-state index is 12.4. The third-order valence-corrected chi connectivity index (χ3v) is 3.94. The highest BCUT2D eigenvalue weighted by Gasteiger charge is 2.19. The second kappa shape index (κ2) is 6.64. The molecule has 0 aliphatic rings. The fraction of sp³-hybridized carbons (Fsp3) is 0.412. The van der Waals surface area contributed by atoms with Crippen LogP contribution in [0.3, 0.4) is 0 Å². The summed E-state index contributed by atoms with van der Waals surface area (Å²) >= 11 is 0. The second-order valence-corrected chi connectivity index (χ2v) is 5.32. The summed E-state index contributed by atoms with van der Waals surface area (Å²) in [6, 6.07) is 6.27. The number of hydrogen-bond donors (Lipinski definition) is 2. The van der Waals surface area contributed by atoms with E-state index in [-0.39, 0.29) is 18.9 Å². The average molecular weight is 302 g/mol. The predicted octanol–water partition coefficient (Wildman–Crippen LogP) is 2.74. The fourth-order valence-electron chi connectivity index (χ4n) is 2.78. The van der Waals surface area contributed by atoms with Gasteiger partial charge in [-0.3, -0.25) is 9.59 Å². The van der Waals surface area contributed by atoms with Gasteiger partial charge in [0.15, 0.2) is 0 Å². The SMILES string of the molecule is CCc1ccc2c(c1)c(C)c(C(=O)NCCC(=O)O)n2CC. The third kappa shape index (κ3) is 2.98. The number of aryl methyl sites for hydroxylation is 3. The van der Waals surface area contributed by atoms with Crippen LogP contribution in [0.1, 0.15) is 41.9 Å². The van der Waals surface area contributed by atoms with E-state index in [1.807, 2.05) is 18.4 Å². The lowest BCUT2D eigenvalue weighted by molar-refractivity contribution is -0.136. The van der Waals surface area contributed by atoms with Gasteiger partial charge >= 0.3 is 5.97 Å². The summed E-state index contributed by atoms with van der Waals surface area (Å²) in [4.78, 5) is 23.0. The van der Waals surface area contributed by atoms with Crippen LogP contribution < -0.4 is 5.32 Å². The number of carboxylic acid groups (broad SMARTS) is 1. The van der Waals surface area contributed by atoms with Crippen LogP contribution in [-0.2, 0) is 17.8 Å². The van der Waals surface area contributed by atoms with Crippen LogP contribution in [0.15, 0.2) is 18.2 Å². The number of aliphatic carboxylic acids is 1. The molecular weight excluding hydrogens is 280 g/mol. The van der Waals surface area contributed by atoms with Crippen molar-refractivity contribution in [3.05, 3.63) is 35.0 Å². The molecule has 0 spiro atoms. The summed E-state index contributed by atoms with van der Waals surface area (Å²) in [5, 5.41) is 12.5. The molecule has 5 nitrogen and oxygen atoms in total. The van der Waals surface area contributed by atoms with Crippen molar-refractivity contribution in [2.24, 2.45) is 0 Å². The highest BCUT2D eigenvalue weighted by atomic mass is 16.4. The van der Waals surface area contributed by atoms with Gasteiger partial charge in [-0.1, -0.05) is 13.0 Å². The molecule has 1 heterocycles. The van der Waals surface area contributed by atoms with Crippen molar-refractivity contribution >= 4 is 22.8 Å². The highest BCUT2D eigenvalue weighted by Crippen LogP contribution is 2.27. The van der Waals surface area contributed by atoms with E-state index < -0.39 is 5.97 Å². The van der Waals surface area contributed by atoms with Gasteiger partial charge in [-0.25, -0.2) is 0 Å². The van der Waals surface area contributed by atoms with E-state index in [1.54, 1.807) is 0 Å². The first kappa shape index (κ1) is 16.1. The Kier molecular flexibility index (Phi) is 4.85. The third-order valence-electron chi connectivity index (χ3n) is 3.94. The van der Waals surface area contributed by atoms with E-state index in [1.165, 1.54) is 5.56 Å². The van der Waals surface area contributed by atoms with Crippen molar-refractivity contribution in [3.63, 3.8) is 0 Å². The molecule has 118 valence electrons. The van der Waals surface area contributed by atoms with E-state index >= 15 is 0 Å². The topological polar surface area (TPSA) is 71.3 Å². The van der Waals surface area contributed by atoms with E-state index in [0.717, 1.165) is 22.9 Å². The Bertz CT molecular complexity index is 716. The molecule has 0 fully saturated rings. The van der Waals surface area contributed by atoms with Gasteiger partial charge in [0.1, 0.15) is 5.69 Å². The molecule has 0 bridgehead atoms. The summed E-state index contributed by atoms with van der Waals surface area (Å²) in [6.07, 6.45) is 0.879. The van der Waals surface area contributed by atoms with Gasteiger partial charge in [-0.2, -0.15) is 0 Å². The zero-order chi connectivity index (χ0) is 16.3. The number of carboxylic acids is 1. The van der Waals surface area contributed by atoms with Gasteiger partial charge in [0.25, 0.3) is 5.91 Å². The molecule has 0 aliphatic carbocycles. The quantitative estimate of drug-likeness (QED) is 0.862. The van der Waals surface area contributed by atoms with Crippen LogP contribution in [0.4, 0.5) is 0 Å². The Morgan fingerprint density at radius 3 is 2.59 bits per heavy atom. The minimum Gasteiger partial charge on any atom is -0.481 e. The predicted molar refractivity (Wildman–Crippen MR) is 86.3 cm³/mol. The van der Waals surface area contributed by atoms with Crippen LogP contribution in [0.2, 0.25) is 0 Å². The van der Waals surface area contributed by atoms with E-state index in [4.69, 9.17) is 5.11 Å². The van der Waals surface area contributed by atoms with Crippen LogP contribution in [0.25, 0.3) is 10.9 Å². The standard InChI is InChI=1S/C17H22N2O3/c1-4-12-6-7-14-13(10-12)11(3)16(19(14)5-2)17(22)18-9-8-15(20)21/h6-7,10H,4-5,8-9H2,1-3H3,(H,18,22)(H,20,21). The Morgan fingerprint density at radius 2 is 2.00 bits per heavy atom. The van der Waals surface area contributed by atoms with Crippen molar-refractivity contribution in [2.45, 2.75) is 40.2 Å². The summed E-state index contributed by atoms with van der Waals surface area (Å²) < 4.78 is 1.99. The Morgan fingerprint density at radius 1 is 1.27 bits per heavy atom. The number of rotatable bonds is 6. The molecule has 0 unspecified atom stereocenters. The van der Waals surface area contributed by atoms with Crippen LogP contribution >= 0.6 is 0 Å². The van der Waals surface area contributed by atoms with E-state index in [0.29, 0.717) is 12.2 Å². The van der Waals surface area contributed by atoms with Crippen molar-refractivity contribution in [3.8, 4) is 0 Å². The largest absolute Gasteiger partial charge is 0.481 e. The molecule has 2 aromatic rings. The molecule has 0 radical (unpaired) electrons. The molecule has 5 heteroatoms. The molecule has 22 heavy (non-hydrogen) atoms. The molecule has 2 N–H and O–H groups in total. The summed E-state index contributed by atoms with van der Waals surface area (Å²) in [5.74, 6) is -1.13. The normalized spacial score (nSPS) is 10.9. The average Bonchev–Trinajstić information content (AvgIpc) is 2.78. The summed E-state index contributed by atoms with van der Waals surface area (Å²) in [5.41, 5.74) is 3.85. The molecular formula is C17H22N2O3. The first-order chi connectivity index (χ1) is 10.5. The molecule has 2 rings (SSSR count). The second-order valence-electron chi connectivity index (χ2n) is 5.32. The molecule has 1 aromatic heterocycles. The number of carbonyl (C=O) groups excluding carboxylic acids is 1. The summed E-state index contributed by atoms with van der Waals surface area (Å²) in [6.45, 7) is 6.88.